The molecule has 26 heavy (non-hydrogen) atoms. The molecular formula is C18H23Cl2N5O. The van der Waals surface area contributed by atoms with Crippen molar-refractivity contribution in [3.63, 3.8) is 0 Å². The molecule has 1 N–H and O–H groups in total. The van der Waals surface area contributed by atoms with Crippen molar-refractivity contribution < 1.29 is 4.79 Å². The van der Waals surface area contributed by atoms with Gasteiger partial charge < -0.3 is 10.2 Å². The number of rotatable bonds is 3. The number of carbonyl (C=O) groups is 1. The van der Waals surface area contributed by atoms with Crippen LogP contribution >= 0.6 is 24.0 Å². The van der Waals surface area contributed by atoms with Gasteiger partial charge in [-0.2, -0.15) is 0 Å². The minimum absolute atomic E-state index is 0. The summed E-state index contributed by atoms with van der Waals surface area (Å²) in [4.78, 5) is 14.8. The van der Waals surface area contributed by atoms with Gasteiger partial charge in [0.15, 0.2) is 5.69 Å². The van der Waals surface area contributed by atoms with Crippen LogP contribution in [0.1, 0.15) is 41.9 Å². The van der Waals surface area contributed by atoms with Gasteiger partial charge in [0, 0.05) is 30.2 Å². The van der Waals surface area contributed by atoms with Crippen LogP contribution in [0.5, 0.6) is 0 Å². The average molecular weight is 396 g/mol. The molecule has 140 valence electrons. The molecule has 2 aromatic rings. The Morgan fingerprint density at radius 3 is 2.65 bits per heavy atom. The zero-order chi connectivity index (χ0) is 17.6. The second kappa shape index (κ2) is 7.55. The maximum Gasteiger partial charge on any atom is 0.276 e. The van der Waals surface area contributed by atoms with Crippen LogP contribution < -0.4 is 5.32 Å². The van der Waals surface area contributed by atoms with Gasteiger partial charge in [0.25, 0.3) is 5.91 Å². The van der Waals surface area contributed by atoms with E-state index in [-0.39, 0.29) is 24.4 Å². The van der Waals surface area contributed by atoms with Gasteiger partial charge in [-0.15, -0.1) is 17.5 Å². The van der Waals surface area contributed by atoms with E-state index in [4.69, 9.17) is 11.6 Å². The van der Waals surface area contributed by atoms with Crippen molar-refractivity contribution in [3.8, 4) is 5.69 Å². The lowest BCUT2D eigenvalue weighted by atomic mass is 9.98. The van der Waals surface area contributed by atoms with Crippen molar-refractivity contribution in [2.24, 2.45) is 0 Å². The number of aromatic nitrogens is 3. The molecule has 1 amide bonds. The van der Waals surface area contributed by atoms with Crippen LogP contribution in [0.4, 0.5) is 0 Å². The monoisotopic (exact) mass is 395 g/mol. The minimum atomic E-state index is -0.0583. The summed E-state index contributed by atoms with van der Waals surface area (Å²) in [7, 11) is 1.88. The van der Waals surface area contributed by atoms with E-state index in [0.29, 0.717) is 22.8 Å². The molecule has 1 aromatic carbocycles. The van der Waals surface area contributed by atoms with Crippen LogP contribution in [0.2, 0.25) is 5.02 Å². The van der Waals surface area contributed by atoms with Gasteiger partial charge in [-0.3, -0.25) is 4.79 Å². The van der Waals surface area contributed by atoms with Crippen LogP contribution in [-0.4, -0.2) is 51.0 Å². The molecule has 2 atom stereocenters. The Labute approximate surface area is 164 Å². The van der Waals surface area contributed by atoms with E-state index < -0.39 is 0 Å². The van der Waals surface area contributed by atoms with Gasteiger partial charge in [0.2, 0.25) is 0 Å². The average Bonchev–Trinajstić information content (AvgIpc) is 3.15. The van der Waals surface area contributed by atoms with Crippen molar-refractivity contribution in [3.05, 3.63) is 40.7 Å². The number of carbonyl (C=O) groups excluding carboxylic acids is 1. The Bertz CT molecular complexity index is 797. The zero-order valence-electron chi connectivity index (χ0n) is 14.9. The first kappa shape index (κ1) is 19.1. The predicted molar refractivity (Wildman–Crippen MR) is 103 cm³/mol. The first-order chi connectivity index (χ1) is 12.0. The van der Waals surface area contributed by atoms with Crippen LogP contribution in [0.15, 0.2) is 24.3 Å². The summed E-state index contributed by atoms with van der Waals surface area (Å²) >= 11 is 6.06. The fraction of sp³-hybridized carbons (Fsp3) is 0.500. The lowest BCUT2D eigenvalue weighted by molar-refractivity contribution is 0.0675. The van der Waals surface area contributed by atoms with E-state index in [1.807, 2.05) is 43.1 Å². The summed E-state index contributed by atoms with van der Waals surface area (Å²) in [6, 6.07) is 8.73. The van der Waals surface area contributed by atoms with Crippen LogP contribution in [0.3, 0.4) is 0 Å². The number of halogens is 2. The summed E-state index contributed by atoms with van der Waals surface area (Å²) in [5, 5.41) is 12.6. The third-order valence-electron chi connectivity index (χ3n) is 5.47. The summed E-state index contributed by atoms with van der Waals surface area (Å²) < 4.78 is 1.67. The van der Waals surface area contributed by atoms with Crippen molar-refractivity contribution in [2.45, 2.75) is 50.7 Å². The Morgan fingerprint density at radius 2 is 2.00 bits per heavy atom. The maximum absolute atomic E-state index is 13.0. The van der Waals surface area contributed by atoms with Crippen molar-refractivity contribution in [2.75, 3.05) is 7.05 Å². The highest BCUT2D eigenvalue weighted by molar-refractivity contribution is 6.30. The topological polar surface area (TPSA) is 63.1 Å². The van der Waals surface area contributed by atoms with Gasteiger partial charge in [-0.05, 0) is 50.8 Å². The molecule has 8 heteroatoms. The largest absolute Gasteiger partial charge is 0.337 e. The second-order valence-electron chi connectivity index (χ2n) is 7.09. The summed E-state index contributed by atoms with van der Waals surface area (Å²) in [6.45, 7) is 1.87. The number of nitrogens with one attached hydrogen (secondary N) is 1. The third kappa shape index (κ3) is 3.46. The Morgan fingerprint density at radius 1 is 1.31 bits per heavy atom. The van der Waals surface area contributed by atoms with Gasteiger partial charge in [0.05, 0.1) is 11.4 Å². The number of fused-ring (bicyclic) bond motifs is 2. The predicted octanol–water partition coefficient (Wildman–Crippen LogP) is 3.01. The van der Waals surface area contributed by atoms with Crippen LogP contribution in [0, 0.1) is 6.92 Å². The Kier molecular flexibility index (Phi) is 5.55. The second-order valence-corrected chi connectivity index (χ2v) is 7.53. The normalized spacial score (nSPS) is 24.2. The minimum Gasteiger partial charge on any atom is -0.337 e. The molecule has 3 heterocycles. The smallest absolute Gasteiger partial charge is 0.276 e. The van der Waals surface area contributed by atoms with E-state index in [2.05, 4.69) is 15.6 Å². The highest BCUT2D eigenvalue weighted by Gasteiger charge is 2.37. The van der Waals surface area contributed by atoms with E-state index in [0.717, 1.165) is 24.2 Å². The number of nitrogens with zero attached hydrogens (tertiary/aromatic N) is 4. The lowest BCUT2D eigenvalue weighted by Crippen LogP contribution is -2.48. The molecule has 0 saturated carbocycles. The molecule has 0 radical (unpaired) electrons. The third-order valence-corrected chi connectivity index (χ3v) is 5.70. The van der Waals surface area contributed by atoms with Gasteiger partial charge in [0.1, 0.15) is 0 Å². The van der Waals surface area contributed by atoms with Crippen molar-refractivity contribution in [1.29, 1.82) is 0 Å². The molecule has 2 aliphatic heterocycles. The zero-order valence-corrected chi connectivity index (χ0v) is 16.4. The standard InChI is InChI=1S/C18H22ClN5O.ClH/c1-11-17(21-22-24(11)15-5-3-4-12(19)8-15)18(25)23(2)16-9-13-6-7-14(10-16)20-13;/h3-5,8,13-14,16,20H,6-7,9-10H2,1-2H3;1H. The van der Waals surface area contributed by atoms with Gasteiger partial charge in [-0.25, -0.2) is 4.68 Å². The molecule has 2 saturated heterocycles. The molecule has 0 aliphatic carbocycles. The number of benzene rings is 1. The van der Waals surface area contributed by atoms with Crippen LogP contribution in [-0.2, 0) is 0 Å². The molecule has 2 aliphatic rings. The van der Waals surface area contributed by atoms with Gasteiger partial charge in [-0.1, -0.05) is 22.9 Å². The first-order valence-electron chi connectivity index (χ1n) is 8.74. The molecule has 2 bridgehead atoms. The van der Waals surface area contributed by atoms with E-state index >= 15 is 0 Å². The van der Waals surface area contributed by atoms with E-state index in [9.17, 15) is 4.79 Å². The molecule has 0 spiro atoms. The highest BCUT2D eigenvalue weighted by Crippen LogP contribution is 2.30. The van der Waals surface area contributed by atoms with Gasteiger partial charge >= 0.3 is 0 Å². The molecule has 2 unspecified atom stereocenters. The summed E-state index contributed by atoms with van der Waals surface area (Å²) in [5.41, 5.74) is 1.95. The Hall–Kier alpha value is -1.63. The number of hydrogen-bond acceptors (Lipinski definition) is 4. The number of hydrogen-bond donors (Lipinski definition) is 1. The maximum atomic E-state index is 13.0. The molecule has 6 nitrogen and oxygen atoms in total. The Balaban J connectivity index is 0.00000196. The molecule has 1 aromatic heterocycles. The lowest BCUT2D eigenvalue weighted by Gasteiger charge is -2.35. The molecule has 4 rings (SSSR count). The fourth-order valence-electron chi connectivity index (χ4n) is 4.06. The van der Waals surface area contributed by atoms with Crippen LogP contribution in [0.25, 0.3) is 5.69 Å². The summed E-state index contributed by atoms with van der Waals surface area (Å²) in [5.74, 6) is -0.0583. The van der Waals surface area contributed by atoms with Crippen molar-refractivity contribution >= 4 is 29.9 Å². The number of piperidine rings is 1. The summed E-state index contributed by atoms with van der Waals surface area (Å²) in [6.07, 6.45) is 4.46. The van der Waals surface area contributed by atoms with Crippen molar-refractivity contribution in [1.82, 2.24) is 25.2 Å². The highest BCUT2D eigenvalue weighted by atomic mass is 35.5. The van der Waals surface area contributed by atoms with E-state index in [1.165, 1.54) is 12.8 Å². The first-order valence-corrected chi connectivity index (χ1v) is 9.12. The molecule has 2 fully saturated rings. The SMILES string of the molecule is Cc1c(C(=O)N(C)C2CC3CCC(C2)N3)nnn1-c1cccc(Cl)c1.Cl. The fourth-order valence-corrected chi connectivity index (χ4v) is 4.24. The van der Waals surface area contributed by atoms with E-state index in [1.54, 1.807) is 4.68 Å². The quantitative estimate of drug-likeness (QED) is 0.867. The molecular weight excluding hydrogens is 373 g/mol. The number of amides is 1.